The minimum atomic E-state index is -0.0598. The van der Waals surface area contributed by atoms with Gasteiger partial charge in [-0.05, 0) is 12.8 Å². The number of hydrogen-bond donors (Lipinski definition) is 0. The molecule has 0 bridgehead atoms. The Labute approximate surface area is 117 Å². The van der Waals surface area contributed by atoms with Crippen LogP contribution in [0.2, 0.25) is 0 Å². The zero-order chi connectivity index (χ0) is 13.1. The first-order valence-electron chi connectivity index (χ1n) is 6.69. The van der Waals surface area contributed by atoms with Crippen LogP contribution in [0.3, 0.4) is 0 Å². The maximum absolute atomic E-state index is 6.07. The number of aromatic nitrogens is 2. The summed E-state index contributed by atoms with van der Waals surface area (Å²) in [5.41, 5.74) is 1.72. The zero-order valence-corrected chi connectivity index (χ0v) is 11.8. The first kappa shape index (κ1) is 13.0. The van der Waals surface area contributed by atoms with E-state index < -0.39 is 0 Å². The van der Waals surface area contributed by atoms with E-state index in [9.17, 15) is 0 Å². The summed E-state index contributed by atoms with van der Waals surface area (Å²) in [5, 5.41) is 9.07. The third-order valence-corrected chi connectivity index (χ3v) is 4.53. The molecule has 0 amide bonds. The summed E-state index contributed by atoms with van der Waals surface area (Å²) in [4.78, 5) is 2.29. The predicted octanol–water partition coefficient (Wildman–Crippen LogP) is 1.87. The first-order valence-corrected chi connectivity index (χ1v) is 7.57. The normalized spacial score (nSPS) is 30.9. The summed E-state index contributed by atoms with van der Waals surface area (Å²) in [5.74, 6) is 0. The van der Waals surface area contributed by atoms with Crippen LogP contribution < -0.4 is 4.90 Å². The second kappa shape index (κ2) is 5.56. The van der Waals surface area contributed by atoms with Crippen LogP contribution in [-0.4, -0.2) is 48.2 Å². The Bertz CT molecular complexity index is 426. The molecule has 2 aliphatic heterocycles. The van der Waals surface area contributed by atoms with Gasteiger partial charge >= 0.3 is 0 Å². The summed E-state index contributed by atoms with van der Waals surface area (Å²) < 4.78 is 11.8. The second-order valence-corrected chi connectivity index (χ2v) is 6.00. The van der Waals surface area contributed by atoms with Crippen molar-refractivity contribution in [2.24, 2.45) is 0 Å². The molecule has 1 aromatic rings. The van der Waals surface area contributed by atoms with Gasteiger partial charge in [0.2, 0.25) is 5.13 Å². The molecule has 0 N–H and O–H groups in total. The van der Waals surface area contributed by atoms with Gasteiger partial charge in [0.05, 0.1) is 24.9 Å². The molecule has 0 aromatic carbocycles. The average Bonchev–Trinajstić information content (AvgIpc) is 3.07. The van der Waals surface area contributed by atoms with E-state index in [0.717, 1.165) is 37.5 Å². The Hall–Kier alpha value is -0.980. The lowest BCUT2D eigenvalue weighted by atomic mass is 9.89. The summed E-state index contributed by atoms with van der Waals surface area (Å²) in [7, 11) is 0. The van der Waals surface area contributed by atoms with E-state index in [0.29, 0.717) is 13.2 Å². The summed E-state index contributed by atoms with van der Waals surface area (Å²) in [6, 6.07) is 0. The highest BCUT2D eigenvalue weighted by molar-refractivity contribution is 7.13. The quantitative estimate of drug-likeness (QED) is 0.789. The largest absolute Gasteiger partial charge is 0.372 e. The third kappa shape index (κ3) is 2.80. The van der Waals surface area contributed by atoms with E-state index in [-0.39, 0.29) is 11.7 Å². The van der Waals surface area contributed by atoms with Crippen molar-refractivity contribution >= 4 is 16.5 Å². The standard InChI is InChI=1S/C13H19N3O2S/c1-2-6-17-11-7-13(18-8-11)4-3-5-16(9-13)12-15-14-10-19-12/h2,10-11H,1,3-9H2/t11-,13-/m1/s1. The van der Waals surface area contributed by atoms with Crippen molar-refractivity contribution in [3.8, 4) is 0 Å². The van der Waals surface area contributed by atoms with Gasteiger partial charge in [0.15, 0.2) is 0 Å². The van der Waals surface area contributed by atoms with Crippen molar-refractivity contribution in [1.82, 2.24) is 10.2 Å². The second-order valence-electron chi connectivity index (χ2n) is 5.19. The lowest BCUT2D eigenvalue weighted by Gasteiger charge is -2.39. The van der Waals surface area contributed by atoms with Gasteiger partial charge in [0.25, 0.3) is 0 Å². The van der Waals surface area contributed by atoms with Crippen molar-refractivity contribution in [1.29, 1.82) is 0 Å². The van der Waals surface area contributed by atoms with Gasteiger partial charge < -0.3 is 14.4 Å². The number of rotatable bonds is 4. The van der Waals surface area contributed by atoms with Gasteiger partial charge in [0, 0.05) is 19.5 Å². The van der Waals surface area contributed by atoms with E-state index in [4.69, 9.17) is 9.47 Å². The van der Waals surface area contributed by atoms with Gasteiger partial charge in [0.1, 0.15) is 5.51 Å². The van der Waals surface area contributed by atoms with E-state index in [1.165, 1.54) is 0 Å². The number of nitrogens with zero attached hydrogens (tertiary/aromatic N) is 3. The average molecular weight is 281 g/mol. The highest BCUT2D eigenvalue weighted by Gasteiger charge is 2.44. The van der Waals surface area contributed by atoms with Gasteiger partial charge in [-0.3, -0.25) is 0 Å². The molecular weight excluding hydrogens is 262 g/mol. The molecule has 104 valence electrons. The molecule has 3 heterocycles. The summed E-state index contributed by atoms with van der Waals surface area (Å²) >= 11 is 1.59. The molecule has 0 saturated carbocycles. The predicted molar refractivity (Wildman–Crippen MR) is 74.6 cm³/mol. The van der Waals surface area contributed by atoms with Crippen LogP contribution in [0.4, 0.5) is 5.13 Å². The van der Waals surface area contributed by atoms with Crippen LogP contribution in [-0.2, 0) is 9.47 Å². The Morgan fingerprint density at radius 1 is 1.68 bits per heavy atom. The molecule has 1 spiro atoms. The lowest BCUT2D eigenvalue weighted by molar-refractivity contribution is -0.0111. The van der Waals surface area contributed by atoms with Crippen molar-refractivity contribution in [2.75, 3.05) is 31.2 Å². The Kier molecular flexibility index (Phi) is 3.81. The van der Waals surface area contributed by atoms with E-state index in [1.54, 1.807) is 22.9 Å². The maximum Gasteiger partial charge on any atom is 0.208 e. The Balaban J connectivity index is 1.63. The molecule has 19 heavy (non-hydrogen) atoms. The van der Waals surface area contributed by atoms with Gasteiger partial charge in [-0.2, -0.15) is 0 Å². The Morgan fingerprint density at radius 2 is 2.63 bits per heavy atom. The topological polar surface area (TPSA) is 47.5 Å². The molecule has 0 radical (unpaired) electrons. The number of piperidine rings is 1. The molecule has 2 aliphatic rings. The van der Waals surface area contributed by atoms with E-state index >= 15 is 0 Å². The minimum Gasteiger partial charge on any atom is -0.372 e. The first-order chi connectivity index (χ1) is 9.31. The molecule has 0 aliphatic carbocycles. The molecular formula is C13H19N3O2S. The zero-order valence-electron chi connectivity index (χ0n) is 11.0. The van der Waals surface area contributed by atoms with Crippen molar-refractivity contribution in [2.45, 2.75) is 31.0 Å². The van der Waals surface area contributed by atoms with Crippen LogP contribution in [0.25, 0.3) is 0 Å². The number of ether oxygens (including phenoxy) is 2. The molecule has 3 rings (SSSR count). The van der Waals surface area contributed by atoms with Gasteiger partial charge in [-0.1, -0.05) is 17.4 Å². The van der Waals surface area contributed by atoms with Crippen molar-refractivity contribution in [3.63, 3.8) is 0 Å². The van der Waals surface area contributed by atoms with E-state index in [2.05, 4.69) is 21.7 Å². The summed E-state index contributed by atoms with van der Waals surface area (Å²) in [6.07, 6.45) is 5.20. The SMILES string of the molecule is C=CCO[C@H]1CO[C@]2(CCCN(c3nncs3)C2)C1. The fourth-order valence-electron chi connectivity index (χ4n) is 2.96. The molecule has 0 unspecified atom stereocenters. The van der Waals surface area contributed by atoms with Crippen LogP contribution in [0.15, 0.2) is 18.2 Å². The highest BCUT2D eigenvalue weighted by Crippen LogP contribution is 2.37. The molecule has 2 atom stereocenters. The monoisotopic (exact) mass is 281 g/mol. The van der Waals surface area contributed by atoms with Crippen LogP contribution in [0.5, 0.6) is 0 Å². The minimum absolute atomic E-state index is 0.0598. The number of anilines is 1. The lowest BCUT2D eigenvalue weighted by Crippen LogP contribution is -2.48. The fraction of sp³-hybridized carbons (Fsp3) is 0.692. The van der Waals surface area contributed by atoms with Gasteiger partial charge in [-0.25, -0.2) is 0 Å². The third-order valence-electron chi connectivity index (χ3n) is 3.78. The molecule has 1 aromatic heterocycles. The number of hydrogen-bond acceptors (Lipinski definition) is 6. The Morgan fingerprint density at radius 3 is 3.42 bits per heavy atom. The fourth-order valence-corrected chi connectivity index (χ4v) is 3.55. The van der Waals surface area contributed by atoms with Gasteiger partial charge in [-0.15, -0.1) is 16.8 Å². The van der Waals surface area contributed by atoms with Crippen LogP contribution in [0, 0.1) is 0 Å². The van der Waals surface area contributed by atoms with Crippen molar-refractivity contribution < 1.29 is 9.47 Å². The maximum atomic E-state index is 6.07. The smallest absolute Gasteiger partial charge is 0.208 e. The van der Waals surface area contributed by atoms with Crippen molar-refractivity contribution in [3.05, 3.63) is 18.2 Å². The molecule has 2 fully saturated rings. The molecule has 6 heteroatoms. The highest BCUT2D eigenvalue weighted by atomic mass is 32.1. The van der Waals surface area contributed by atoms with Crippen LogP contribution in [0.1, 0.15) is 19.3 Å². The van der Waals surface area contributed by atoms with Crippen LogP contribution >= 0.6 is 11.3 Å². The molecule has 2 saturated heterocycles. The van der Waals surface area contributed by atoms with E-state index in [1.807, 2.05) is 0 Å². The summed E-state index contributed by atoms with van der Waals surface area (Å²) in [6.45, 7) is 6.92. The molecule has 5 nitrogen and oxygen atoms in total.